The fourth-order valence-electron chi connectivity index (χ4n) is 2.83. The number of benzene rings is 1. The number of fused-ring (bicyclic) bond motifs is 1. The average molecular weight is 254 g/mol. The molecule has 0 bridgehead atoms. The zero-order chi connectivity index (χ0) is 13.7. The van der Waals surface area contributed by atoms with Crippen molar-refractivity contribution in [1.82, 2.24) is 0 Å². The number of phenols is 1. The second-order valence-corrected chi connectivity index (χ2v) is 4.75. The van der Waals surface area contributed by atoms with Crippen molar-refractivity contribution in [1.29, 1.82) is 0 Å². The van der Waals surface area contributed by atoms with E-state index in [1.165, 1.54) is 12.0 Å². The van der Waals surface area contributed by atoms with Crippen LogP contribution in [-0.2, 0) is 0 Å². The van der Waals surface area contributed by atoms with Crippen LogP contribution in [0.3, 0.4) is 0 Å². The third-order valence-corrected chi connectivity index (χ3v) is 3.65. The van der Waals surface area contributed by atoms with Gasteiger partial charge in [-0.3, -0.25) is 0 Å². The van der Waals surface area contributed by atoms with Crippen molar-refractivity contribution in [3.63, 3.8) is 0 Å². The van der Waals surface area contributed by atoms with E-state index in [1.54, 1.807) is 6.07 Å². The number of allylic oxidation sites excluding steroid dienone is 6. The largest absolute Gasteiger partial charge is 0.508 e. The van der Waals surface area contributed by atoms with E-state index >= 15 is 0 Å². The minimum atomic E-state index is 0.348. The topological polar surface area (TPSA) is 20.2 Å². The molecule has 0 saturated heterocycles. The molecule has 2 aliphatic carbocycles. The Morgan fingerprint density at radius 1 is 1.11 bits per heavy atom. The van der Waals surface area contributed by atoms with Crippen LogP contribution in [0.4, 0.5) is 0 Å². The van der Waals surface area contributed by atoms with Crippen molar-refractivity contribution in [2.75, 3.05) is 0 Å². The highest BCUT2D eigenvalue weighted by atomic mass is 16.3. The Kier molecular flexibility index (Phi) is 4.62. The first-order chi connectivity index (χ1) is 9.34. The van der Waals surface area contributed by atoms with Gasteiger partial charge < -0.3 is 5.11 Å². The molecule has 0 amide bonds. The van der Waals surface area contributed by atoms with E-state index in [9.17, 15) is 5.11 Å². The fraction of sp³-hybridized carbons (Fsp3) is 0.333. The van der Waals surface area contributed by atoms with Crippen LogP contribution in [0.25, 0.3) is 5.57 Å². The summed E-state index contributed by atoms with van der Waals surface area (Å²) in [5.74, 6) is 1.46. The van der Waals surface area contributed by atoms with Crippen molar-refractivity contribution in [3.8, 4) is 5.75 Å². The molecule has 3 rings (SSSR count). The van der Waals surface area contributed by atoms with Gasteiger partial charge in [0.2, 0.25) is 0 Å². The summed E-state index contributed by atoms with van der Waals surface area (Å²) in [6, 6.07) is 7.58. The highest BCUT2D eigenvalue weighted by Gasteiger charge is 2.26. The average Bonchev–Trinajstić information content (AvgIpc) is 2.49. The molecule has 1 aromatic carbocycles. The first-order valence-corrected chi connectivity index (χ1v) is 7.19. The van der Waals surface area contributed by atoms with Crippen molar-refractivity contribution < 1.29 is 5.11 Å². The molecule has 0 saturated carbocycles. The molecule has 0 fully saturated rings. The molecule has 2 aliphatic rings. The number of rotatable bonds is 1. The number of hydrogen-bond donors (Lipinski definition) is 1. The number of phenolic OH excluding ortho intramolecular Hbond substituents is 1. The van der Waals surface area contributed by atoms with Gasteiger partial charge in [-0.05, 0) is 42.0 Å². The molecule has 0 radical (unpaired) electrons. The summed E-state index contributed by atoms with van der Waals surface area (Å²) >= 11 is 0. The lowest BCUT2D eigenvalue weighted by Crippen LogP contribution is -2.17. The van der Waals surface area contributed by atoms with Gasteiger partial charge in [0.25, 0.3) is 0 Å². The Bertz CT molecular complexity index is 508. The van der Waals surface area contributed by atoms with Gasteiger partial charge in [0.15, 0.2) is 0 Å². The van der Waals surface area contributed by atoms with E-state index in [4.69, 9.17) is 0 Å². The Labute approximate surface area is 116 Å². The molecule has 19 heavy (non-hydrogen) atoms. The van der Waals surface area contributed by atoms with Gasteiger partial charge in [-0.1, -0.05) is 56.4 Å². The van der Waals surface area contributed by atoms with E-state index < -0.39 is 0 Å². The summed E-state index contributed by atoms with van der Waals surface area (Å²) in [6.07, 6.45) is 13.5. The standard InChI is InChI=1S/C16H16O.C2H6/c17-14-8-3-7-13(11-14)16-10-4-6-12-5-1-2-9-15(12)16;1-2/h1-3,5,7-12,15,17H,4,6H2;1-2H3. The normalized spacial score (nSPS) is 24.0. The highest BCUT2D eigenvalue weighted by molar-refractivity contribution is 5.71. The molecule has 0 aromatic heterocycles. The van der Waals surface area contributed by atoms with Crippen molar-refractivity contribution in [3.05, 3.63) is 60.2 Å². The van der Waals surface area contributed by atoms with Crippen LogP contribution >= 0.6 is 0 Å². The molecule has 0 aliphatic heterocycles. The van der Waals surface area contributed by atoms with Crippen LogP contribution in [0, 0.1) is 11.8 Å². The molecule has 1 heteroatoms. The first kappa shape index (κ1) is 13.7. The molecule has 2 atom stereocenters. The third kappa shape index (κ3) is 2.98. The summed E-state index contributed by atoms with van der Waals surface area (Å²) < 4.78 is 0. The highest BCUT2D eigenvalue weighted by Crippen LogP contribution is 2.40. The summed E-state index contributed by atoms with van der Waals surface area (Å²) in [5.41, 5.74) is 2.51. The minimum Gasteiger partial charge on any atom is -0.508 e. The third-order valence-electron chi connectivity index (χ3n) is 3.65. The number of aromatic hydroxyl groups is 1. The zero-order valence-electron chi connectivity index (χ0n) is 11.7. The van der Waals surface area contributed by atoms with E-state index in [-0.39, 0.29) is 0 Å². The van der Waals surface area contributed by atoms with Gasteiger partial charge in [-0.2, -0.15) is 0 Å². The predicted molar refractivity (Wildman–Crippen MR) is 81.9 cm³/mol. The molecule has 0 heterocycles. The van der Waals surface area contributed by atoms with Crippen LogP contribution in [0.2, 0.25) is 0 Å². The van der Waals surface area contributed by atoms with E-state index in [0.717, 1.165) is 12.0 Å². The van der Waals surface area contributed by atoms with Crippen molar-refractivity contribution in [2.45, 2.75) is 26.7 Å². The summed E-state index contributed by atoms with van der Waals surface area (Å²) in [6.45, 7) is 4.00. The lowest BCUT2D eigenvalue weighted by atomic mass is 9.74. The second kappa shape index (κ2) is 6.42. The zero-order valence-corrected chi connectivity index (χ0v) is 11.7. The van der Waals surface area contributed by atoms with Gasteiger partial charge in [-0.25, -0.2) is 0 Å². The van der Waals surface area contributed by atoms with E-state index in [2.05, 4.69) is 36.4 Å². The maximum atomic E-state index is 9.58. The van der Waals surface area contributed by atoms with Crippen LogP contribution in [0.1, 0.15) is 32.3 Å². The molecular weight excluding hydrogens is 232 g/mol. The summed E-state index contributed by atoms with van der Waals surface area (Å²) in [4.78, 5) is 0. The maximum Gasteiger partial charge on any atom is 0.116 e. The summed E-state index contributed by atoms with van der Waals surface area (Å²) in [5, 5.41) is 9.58. The number of hydrogen-bond acceptors (Lipinski definition) is 1. The molecular formula is C18H22O. The Morgan fingerprint density at radius 2 is 1.89 bits per heavy atom. The Hall–Kier alpha value is -1.76. The summed E-state index contributed by atoms with van der Waals surface area (Å²) in [7, 11) is 0. The second-order valence-electron chi connectivity index (χ2n) is 4.75. The van der Waals surface area contributed by atoms with E-state index in [1.807, 2.05) is 26.0 Å². The molecule has 2 unspecified atom stereocenters. The molecule has 100 valence electrons. The quantitative estimate of drug-likeness (QED) is 0.751. The Morgan fingerprint density at radius 3 is 2.68 bits per heavy atom. The first-order valence-electron chi connectivity index (χ1n) is 7.19. The molecule has 1 N–H and O–H groups in total. The lowest BCUT2D eigenvalue weighted by molar-refractivity contribution is 0.474. The minimum absolute atomic E-state index is 0.348. The van der Waals surface area contributed by atoms with E-state index in [0.29, 0.717) is 17.6 Å². The van der Waals surface area contributed by atoms with Gasteiger partial charge in [0.05, 0.1) is 0 Å². The van der Waals surface area contributed by atoms with Gasteiger partial charge in [-0.15, -0.1) is 0 Å². The van der Waals surface area contributed by atoms with Gasteiger partial charge in [0.1, 0.15) is 5.75 Å². The van der Waals surface area contributed by atoms with Crippen LogP contribution in [0.15, 0.2) is 54.6 Å². The smallest absolute Gasteiger partial charge is 0.116 e. The van der Waals surface area contributed by atoms with Crippen LogP contribution in [-0.4, -0.2) is 5.11 Å². The lowest BCUT2D eigenvalue weighted by Gasteiger charge is -2.30. The van der Waals surface area contributed by atoms with Gasteiger partial charge >= 0.3 is 0 Å². The molecule has 1 nitrogen and oxygen atoms in total. The van der Waals surface area contributed by atoms with Crippen molar-refractivity contribution in [2.24, 2.45) is 11.8 Å². The van der Waals surface area contributed by atoms with Crippen LogP contribution < -0.4 is 0 Å². The van der Waals surface area contributed by atoms with Crippen LogP contribution in [0.5, 0.6) is 5.75 Å². The monoisotopic (exact) mass is 254 g/mol. The Balaban J connectivity index is 0.000000637. The molecule has 1 aromatic rings. The predicted octanol–water partition coefficient (Wildman–Crippen LogP) is 4.95. The van der Waals surface area contributed by atoms with Crippen molar-refractivity contribution >= 4 is 5.57 Å². The molecule has 0 spiro atoms. The van der Waals surface area contributed by atoms with Gasteiger partial charge in [0, 0.05) is 5.92 Å². The SMILES string of the molecule is CC.Oc1cccc(C2=CCCC3C=CC=CC23)c1. The maximum absolute atomic E-state index is 9.58. The fourth-order valence-corrected chi connectivity index (χ4v) is 2.83.